The number of hydrogen-bond donors (Lipinski definition) is 3. The van der Waals surface area contributed by atoms with E-state index in [0.29, 0.717) is 13.1 Å². The normalized spacial score (nSPS) is 19.9. The minimum absolute atomic E-state index is 0.0101. The molecule has 1 saturated carbocycles. The SMILES string of the molecule is CCNC(=O)CNC1(CO)CCCCC1. The highest BCUT2D eigenvalue weighted by Crippen LogP contribution is 2.27. The molecular weight excluding hydrogens is 192 g/mol. The first-order chi connectivity index (χ1) is 7.22. The lowest BCUT2D eigenvalue weighted by Crippen LogP contribution is -2.53. The van der Waals surface area contributed by atoms with Crippen LogP contribution in [0.5, 0.6) is 0 Å². The summed E-state index contributed by atoms with van der Waals surface area (Å²) in [5.41, 5.74) is -0.205. The zero-order chi connectivity index (χ0) is 11.1. The van der Waals surface area contributed by atoms with Gasteiger partial charge in [-0.05, 0) is 19.8 Å². The summed E-state index contributed by atoms with van der Waals surface area (Å²) in [6.07, 6.45) is 5.47. The minimum Gasteiger partial charge on any atom is -0.394 e. The molecule has 0 aromatic rings. The summed E-state index contributed by atoms with van der Waals surface area (Å²) in [7, 11) is 0. The van der Waals surface area contributed by atoms with Crippen LogP contribution >= 0.6 is 0 Å². The van der Waals surface area contributed by atoms with E-state index >= 15 is 0 Å². The maximum atomic E-state index is 11.3. The highest BCUT2D eigenvalue weighted by atomic mass is 16.3. The van der Waals surface area contributed by atoms with E-state index in [1.807, 2.05) is 6.92 Å². The minimum atomic E-state index is -0.205. The molecule has 88 valence electrons. The molecule has 0 spiro atoms. The third-order valence-electron chi connectivity index (χ3n) is 3.11. The van der Waals surface area contributed by atoms with E-state index in [2.05, 4.69) is 10.6 Å². The average molecular weight is 214 g/mol. The lowest BCUT2D eigenvalue weighted by Gasteiger charge is -2.36. The third kappa shape index (κ3) is 3.80. The van der Waals surface area contributed by atoms with Crippen LogP contribution in [0.3, 0.4) is 0 Å². The van der Waals surface area contributed by atoms with E-state index in [9.17, 15) is 9.90 Å². The highest BCUT2D eigenvalue weighted by molar-refractivity contribution is 5.78. The second kappa shape index (κ2) is 6.08. The van der Waals surface area contributed by atoms with Gasteiger partial charge in [-0.15, -0.1) is 0 Å². The molecule has 0 radical (unpaired) electrons. The largest absolute Gasteiger partial charge is 0.394 e. The topological polar surface area (TPSA) is 61.4 Å². The molecule has 0 aromatic carbocycles. The van der Waals surface area contributed by atoms with Gasteiger partial charge in [0.1, 0.15) is 0 Å². The summed E-state index contributed by atoms with van der Waals surface area (Å²) in [5, 5.41) is 15.3. The van der Waals surface area contributed by atoms with Crippen molar-refractivity contribution in [1.82, 2.24) is 10.6 Å². The quantitative estimate of drug-likeness (QED) is 0.621. The maximum Gasteiger partial charge on any atom is 0.233 e. The molecular formula is C11H22N2O2. The van der Waals surface area contributed by atoms with E-state index in [1.54, 1.807) is 0 Å². The van der Waals surface area contributed by atoms with Crippen molar-refractivity contribution < 1.29 is 9.90 Å². The molecule has 1 rings (SSSR count). The van der Waals surface area contributed by atoms with Crippen LogP contribution in [0, 0.1) is 0 Å². The van der Waals surface area contributed by atoms with Crippen LogP contribution in [0.15, 0.2) is 0 Å². The third-order valence-corrected chi connectivity index (χ3v) is 3.11. The van der Waals surface area contributed by atoms with Crippen LogP contribution in [0.2, 0.25) is 0 Å². The zero-order valence-corrected chi connectivity index (χ0v) is 9.51. The van der Waals surface area contributed by atoms with Gasteiger partial charge in [0.05, 0.1) is 13.2 Å². The second-order valence-electron chi connectivity index (χ2n) is 4.31. The van der Waals surface area contributed by atoms with Crippen molar-refractivity contribution in [3.8, 4) is 0 Å². The number of nitrogens with one attached hydrogen (secondary N) is 2. The summed E-state index contributed by atoms with van der Waals surface area (Å²) >= 11 is 0. The molecule has 3 N–H and O–H groups in total. The Hall–Kier alpha value is -0.610. The Labute approximate surface area is 91.4 Å². The summed E-state index contributed by atoms with van der Waals surface area (Å²) in [6, 6.07) is 0. The summed E-state index contributed by atoms with van der Waals surface area (Å²) < 4.78 is 0. The number of amides is 1. The van der Waals surface area contributed by atoms with Gasteiger partial charge >= 0.3 is 0 Å². The number of carbonyl (C=O) groups excluding carboxylic acids is 1. The summed E-state index contributed by atoms with van der Waals surface area (Å²) in [6.45, 7) is 3.01. The predicted molar refractivity (Wildman–Crippen MR) is 59.6 cm³/mol. The molecule has 1 aliphatic rings. The molecule has 0 heterocycles. The number of hydrogen-bond acceptors (Lipinski definition) is 3. The van der Waals surface area contributed by atoms with Gasteiger partial charge in [0.15, 0.2) is 0 Å². The molecule has 0 unspecified atom stereocenters. The lowest BCUT2D eigenvalue weighted by atomic mass is 9.82. The summed E-state index contributed by atoms with van der Waals surface area (Å²) in [5.74, 6) is 0.0101. The first-order valence-electron chi connectivity index (χ1n) is 5.85. The van der Waals surface area contributed by atoms with E-state index in [1.165, 1.54) is 6.42 Å². The Morgan fingerprint density at radius 2 is 2.00 bits per heavy atom. The molecule has 1 amide bonds. The van der Waals surface area contributed by atoms with Gasteiger partial charge in [-0.2, -0.15) is 0 Å². The Bertz CT molecular complexity index is 201. The summed E-state index contributed by atoms with van der Waals surface area (Å²) in [4.78, 5) is 11.3. The fourth-order valence-corrected chi connectivity index (χ4v) is 2.15. The smallest absolute Gasteiger partial charge is 0.233 e. The predicted octanol–water partition coefficient (Wildman–Crippen LogP) is 0.407. The van der Waals surface area contributed by atoms with Gasteiger partial charge in [0, 0.05) is 12.1 Å². The van der Waals surface area contributed by atoms with Gasteiger partial charge in [0.25, 0.3) is 0 Å². The number of carbonyl (C=O) groups is 1. The van der Waals surface area contributed by atoms with Crippen LogP contribution in [-0.4, -0.2) is 36.2 Å². The number of aliphatic hydroxyl groups excluding tert-OH is 1. The highest BCUT2D eigenvalue weighted by Gasteiger charge is 2.30. The van der Waals surface area contributed by atoms with E-state index in [-0.39, 0.29) is 18.1 Å². The first-order valence-corrected chi connectivity index (χ1v) is 5.85. The van der Waals surface area contributed by atoms with Crippen molar-refractivity contribution in [2.24, 2.45) is 0 Å². The fraction of sp³-hybridized carbons (Fsp3) is 0.909. The van der Waals surface area contributed by atoms with Gasteiger partial charge in [-0.1, -0.05) is 19.3 Å². The Morgan fingerprint density at radius 1 is 1.33 bits per heavy atom. The van der Waals surface area contributed by atoms with Crippen LogP contribution in [0.4, 0.5) is 0 Å². The molecule has 4 heteroatoms. The van der Waals surface area contributed by atoms with E-state index in [4.69, 9.17) is 0 Å². The molecule has 4 nitrogen and oxygen atoms in total. The Kier molecular flexibility index (Phi) is 5.05. The van der Waals surface area contributed by atoms with Crippen LogP contribution < -0.4 is 10.6 Å². The first kappa shape index (κ1) is 12.5. The van der Waals surface area contributed by atoms with Gasteiger partial charge in [0.2, 0.25) is 5.91 Å². The number of likely N-dealkylation sites (N-methyl/N-ethyl adjacent to an activating group) is 1. The number of aliphatic hydroxyl groups is 1. The van der Waals surface area contributed by atoms with Crippen molar-refractivity contribution in [2.45, 2.75) is 44.6 Å². The Balaban J connectivity index is 2.35. The molecule has 0 aliphatic heterocycles. The lowest BCUT2D eigenvalue weighted by molar-refractivity contribution is -0.120. The number of rotatable bonds is 5. The molecule has 0 aromatic heterocycles. The Morgan fingerprint density at radius 3 is 2.53 bits per heavy atom. The zero-order valence-electron chi connectivity index (χ0n) is 9.51. The molecule has 1 fully saturated rings. The van der Waals surface area contributed by atoms with Crippen molar-refractivity contribution in [3.63, 3.8) is 0 Å². The molecule has 15 heavy (non-hydrogen) atoms. The standard InChI is InChI=1S/C11H22N2O2/c1-2-12-10(15)8-13-11(9-14)6-4-3-5-7-11/h13-14H,2-9H2,1H3,(H,12,15). The molecule has 0 bridgehead atoms. The van der Waals surface area contributed by atoms with E-state index < -0.39 is 0 Å². The van der Waals surface area contributed by atoms with Crippen LogP contribution in [0.25, 0.3) is 0 Å². The fourth-order valence-electron chi connectivity index (χ4n) is 2.15. The average Bonchev–Trinajstić information content (AvgIpc) is 2.28. The van der Waals surface area contributed by atoms with Crippen molar-refractivity contribution in [2.75, 3.05) is 19.7 Å². The van der Waals surface area contributed by atoms with Crippen LogP contribution in [0.1, 0.15) is 39.0 Å². The monoisotopic (exact) mass is 214 g/mol. The van der Waals surface area contributed by atoms with Gasteiger partial charge in [-0.3, -0.25) is 4.79 Å². The molecule has 0 atom stereocenters. The van der Waals surface area contributed by atoms with Crippen molar-refractivity contribution in [3.05, 3.63) is 0 Å². The van der Waals surface area contributed by atoms with Crippen molar-refractivity contribution in [1.29, 1.82) is 0 Å². The molecule has 1 aliphatic carbocycles. The van der Waals surface area contributed by atoms with Crippen molar-refractivity contribution >= 4 is 5.91 Å². The van der Waals surface area contributed by atoms with Gasteiger partial charge < -0.3 is 15.7 Å². The van der Waals surface area contributed by atoms with E-state index in [0.717, 1.165) is 25.7 Å². The maximum absolute atomic E-state index is 11.3. The van der Waals surface area contributed by atoms with Gasteiger partial charge in [-0.25, -0.2) is 0 Å². The second-order valence-corrected chi connectivity index (χ2v) is 4.31. The van der Waals surface area contributed by atoms with Crippen LogP contribution in [-0.2, 0) is 4.79 Å². The molecule has 0 saturated heterocycles.